The van der Waals surface area contributed by atoms with Crippen LogP contribution in [0.5, 0.6) is 11.5 Å². The van der Waals surface area contributed by atoms with E-state index in [-0.39, 0.29) is 18.2 Å². The minimum Gasteiger partial charge on any atom is -0.466 e. The van der Waals surface area contributed by atoms with Gasteiger partial charge in [-0.2, -0.15) is 0 Å². The second-order valence-electron chi connectivity index (χ2n) is 5.73. The summed E-state index contributed by atoms with van der Waals surface area (Å²) in [7, 11) is 1.25. The summed E-state index contributed by atoms with van der Waals surface area (Å²) in [5.74, 6) is 0.0567. The molecule has 1 N–H and O–H groups in total. The number of hydrogen-bond acceptors (Lipinski definition) is 6. The second kappa shape index (κ2) is 9.09. The van der Waals surface area contributed by atoms with Crippen molar-refractivity contribution in [2.24, 2.45) is 0 Å². The molecule has 0 atom stereocenters. The zero-order valence-corrected chi connectivity index (χ0v) is 15.9. The first kappa shape index (κ1) is 19.5. The fourth-order valence-electron chi connectivity index (χ4n) is 2.47. The standard InChI is InChI=1S/C20H18N2O5S/c1-26-20(25)11-19-22(18(24)13-28-19)12-17(23)21-15-9-5-6-10-16(15)27-14-7-3-2-4-8-14/h2-11H,12-13H2,1H3,(H,21,23)/b19-11-. The summed E-state index contributed by atoms with van der Waals surface area (Å²) < 4.78 is 10.4. The van der Waals surface area contributed by atoms with Crippen LogP contribution in [0.15, 0.2) is 65.7 Å². The van der Waals surface area contributed by atoms with Crippen molar-refractivity contribution >= 4 is 35.2 Å². The maximum atomic E-state index is 12.5. The molecule has 1 heterocycles. The predicted octanol–water partition coefficient (Wildman–Crippen LogP) is 3.01. The quantitative estimate of drug-likeness (QED) is 0.595. The van der Waals surface area contributed by atoms with E-state index in [1.807, 2.05) is 30.3 Å². The maximum Gasteiger partial charge on any atom is 0.333 e. The van der Waals surface area contributed by atoms with E-state index in [1.54, 1.807) is 24.3 Å². The summed E-state index contributed by atoms with van der Waals surface area (Å²) in [5.41, 5.74) is 0.481. The van der Waals surface area contributed by atoms with E-state index in [4.69, 9.17) is 4.74 Å². The summed E-state index contributed by atoms with van der Waals surface area (Å²) in [4.78, 5) is 37.3. The molecule has 1 aliphatic rings. The number of benzene rings is 2. The van der Waals surface area contributed by atoms with Gasteiger partial charge in [0.1, 0.15) is 12.3 Å². The first-order chi connectivity index (χ1) is 13.6. The van der Waals surface area contributed by atoms with E-state index in [2.05, 4.69) is 10.1 Å². The molecule has 3 rings (SSSR count). The Kier molecular flexibility index (Phi) is 6.33. The molecule has 28 heavy (non-hydrogen) atoms. The number of ether oxygens (including phenoxy) is 2. The van der Waals surface area contributed by atoms with Gasteiger partial charge in [0, 0.05) is 0 Å². The molecule has 144 valence electrons. The fourth-order valence-corrected chi connectivity index (χ4v) is 3.40. The number of hydrogen-bond donors (Lipinski definition) is 1. The summed E-state index contributed by atoms with van der Waals surface area (Å²) in [6, 6.07) is 16.2. The Bertz CT molecular complexity index is 914. The number of esters is 1. The first-order valence-corrected chi connectivity index (χ1v) is 9.40. The maximum absolute atomic E-state index is 12.5. The average Bonchev–Trinajstić information content (AvgIpc) is 3.03. The number of carbonyl (C=O) groups excluding carboxylic acids is 3. The smallest absolute Gasteiger partial charge is 0.333 e. The van der Waals surface area contributed by atoms with Gasteiger partial charge in [-0.1, -0.05) is 42.1 Å². The lowest BCUT2D eigenvalue weighted by Gasteiger charge is -2.17. The molecule has 1 aliphatic heterocycles. The third-order valence-electron chi connectivity index (χ3n) is 3.79. The van der Waals surface area contributed by atoms with Crippen molar-refractivity contribution < 1.29 is 23.9 Å². The molecule has 0 radical (unpaired) electrons. The van der Waals surface area contributed by atoms with Crippen molar-refractivity contribution in [1.82, 2.24) is 4.90 Å². The Morgan fingerprint density at radius 1 is 1.14 bits per heavy atom. The second-order valence-corrected chi connectivity index (χ2v) is 6.73. The van der Waals surface area contributed by atoms with Crippen LogP contribution in [0, 0.1) is 0 Å². The molecule has 8 heteroatoms. The van der Waals surface area contributed by atoms with E-state index in [0.29, 0.717) is 22.2 Å². The van der Waals surface area contributed by atoms with Gasteiger partial charge in [-0.05, 0) is 24.3 Å². The molecule has 1 fully saturated rings. The third-order valence-corrected chi connectivity index (χ3v) is 4.81. The molecule has 2 aromatic carbocycles. The topological polar surface area (TPSA) is 84.9 Å². The van der Waals surface area contributed by atoms with Crippen LogP contribution in [-0.4, -0.2) is 42.1 Å². The third kappa shape index (κ3) is 4.92. The van der Waals surface area contributed by atoms with Crippen LogP contribution in [-0.2, 0) is 19.1 Å². The zero-order valence-electron chi connectivity index (χ0n) is 15.1. The number of rotatable bonds is 6. The monoisotopic (exact) mass is 398 g/mol. The number of carbonyl (C=O) groups is 3. The Labute approximate surface area is 166 Å². The molecule has 0 aliphatic carbocycles. The van der Waals surface area contributed by atoms with Gasteiger partial charge in [-0.3, -0.25) is 14.5 Å². The minimum atomic E-state index is -0.579. The van der Waals surface area contributed by atoms with Crippen LogP contribution in [0.3, 0.4) is 0 Å². The zero-order chi connectivity index (χ0) is 19.9. The molecule has 0 saturated carbocycles. The Hall–Kier alpha value is -3.26. The number of methoxy groups -OCH3 is 1. The van der Waals surface area contributed by atoms with Gasteiger partial charge in [0.2, 0.25) is 11.8 Å². The summed E-state index contributed by atoms with van der Waals surface area (Å²) in [6.07, 6.45) is 1.20. The minimum absolute atomic E-state index is 0.170. The van der Waals surface area contributed by atoms with Crippen LogP contribution in [0.4, 0.5) is 5.69 Å². The van der Waals surface area contributed by atoms with Crippen LogP contribution in [0.25, 0.3) is 0 Å². The van der Waals surface area contributed by atoms with E-state index < -0.39 is 11.9 Å². The average molecular weight is 398 g/mol. The number of nitrogens with zero attached hydrogens (tertiary/aromatic N) is 1. The largest absolute Gasteiger partial charge is 0.466 e. The van der Waals surface area contributed by atoms with Gasteiger partial charge in [-0.25, -0.2) is 4.79 Å². The lowest BCUT2D eigenvalue weighted by molar-refractivity contribution is -0.135. The normalized spacial score (nSPS) is 14.8. The van der Waals surface area contributed by atoms with Crippen LogP contribution in [0.1, 0.15) is 0 Å². The highest BCUT2D eigenvalue weighted by atomic mass is 32.2. The van der Waals surface area contributed by atoms with Crippen molar-refractivity contribution in [3.63, 3.8) is 0 Å². The van der Waals surface area contributed by atoms with Crippen molar-refractivity contribution in [3.05, 3.63) is 65.7 Å². The highest BCUT2D eigenvalue weighted by molar-refractivity contribution is 8.04. The van der Waals surface area contributed by atoms with E-state index in [0.717, 1.165) is 0 Å². The lowest BCUT2D eigenvalue weighted by atomic mass is 10.2. The number of amides is 2. The van der Waals surface area contributed by atoms with Crippen LogP contribution in [0.2, 0.25) is 0 Å². The SMILES string of the molecule is COC(=O)/C=C1\SCC(=O)N1CC(=O)Nc1ccccc1Oc1ccccc1. The highest BCUT2D eigenvalue weighted by Gasteiger charge is 2.29. The molecule has 2 aromatic rings. The Morgan fingerprint density at radius 3 is 2.61 bits per heavy atom. The van der Waals surface area contributed by atoms with Gasteiger partial charge in [0.05, 0.1) is 29.7 Å². The molecule has 1 saturated heterocycles. The fraction of sp³-hybridized carbons (Fsp3) is 0.150. The highest BCUT2D eigenvalue weighted by Crippen LogP contribution is 2.31. The van der Waals surface area contributed by atoms with Crippen molar-refractivity contribution in [3.8, 4) is 11.5 Å². The molecule has 0 spiro atoms. The van der Waals surface area contributed by atoms with E-state index in [9.17, 15) is 14.4 Å². The number of thioether (sulfide) groups is 1. The van der Waals surface area contributed by atoms with Crippen LogP contribution < -0.4 is 10.1 Å². The molecule has 0 bridgehead atoms. The molecule has 7 nitrogen and oxygen atoms in total. The number of anilines is 1. The molecular formula is C20H18N2O5S. The van der Waals surface area contributed by atoms with Gasteiger partial charge in [0.25, 0.3) is 0 Å². The van der Waals surface area contributed by atoms with Crippen molar-refractivity contribution in [2.75, 3.05) is 24.7 Å². The number of nitrogens with one attached hydrogen (secondary N) is 1. The molecule has 2 amide bonds. The van der Waals surface area contributed by atoms with E-state index >= 15 is 0 Å². The van der Waals surface area contributed by atoms with E-state index in [1.165, 1.54) is 29.8 Å². The molecular weight excluding hydrogens is 380 g/mol. The van der Waals surface area contributed by atoms with Crippen molar-refractivity contribution in [2.45, 2.75) is 0 Å². The van der Waals surface area contributed by atoms with Gasteiger partial charge < -0.3 is 14.8 Å². The van der Waals surface area contributed by atoms with Gasteiger partial charge >= 0.3 is 5.97 Å². The molecule has 0 aromatic heterocycles. The first-order valence-electron chi connectivity index (χ1n) is 8.41. The molecule has 0 unspecified atom stereocenters. The predicted molar refractivity (Wildman–Crippen MR) is 106 cm³/mol. The van der Waals surface area contributed by atoms with Crippen molar-refractivity contribution in [1.29, 1.82) is 0 Å². The Morgan fingerprint density at radius 2 is 1.86 bits per heavy atom. The van der Waals surface area contributed by atoms with Gasteiger partial charge in [-0.15, -0.1) is 0 Å². The Balaban J connectivity index is 1.70. The summed E-state index contributed by atoms with van der Waals surface area (Å²) in [6.45, 7) is -0.214. The lowest BCUT2D eigenvalue weighted by Crippen LogP contribution is -2.34. The summed E-state index contributed by atoms with van der Waals surface area (Å²) in [5, 5.41) is 3.15. The van der Waals surface area contributed by atoms with Crippen LogP contribution >= 0.6 is 11.8 Å². The van der Waals surface area contributed by atoms with Gasteiger partial charge in [0.15, 0.2) is 5.75 Å². The summed E-state index contributed by atoms with van der Waals surface area (Å²) >= 11 is 1.19. The number of para-hydroxylation sites is 3.